The number of nitrogens with zero attached hydrogens (tertiary/aromatic N) is 1. The lowest BCUT2D eigenvalue weighted by atomic mass is 10.1. The van der Waals surface area contributed by atoms with Gasteiger partial charge in [-0.05, 0) is 37.8 Å². The quantitative estimate of drug-likeness (QED) is 0.813. The van der Waals surface area contributed by atoms with E-state index in [9.17, 15) is 0 Å². The zero-order valence-electron chi connectivity index (χ0n) is 10.1. The number of benzene rings is 1. The van der Waals surface area contributed by atoms with Crippen LogP contribution in [0.4, 0.5) is 11.4 Å². The normalized spacial score (nSPS) is 21.4. The molecule has 3 heteroatoms. The number of hydrogen-bond acceptors (Lipinski definition) is 3. The minimum Gasteiger partial charge on any atom is -0.397 e. The molecule has 2 fully saturated rings. The number of ether oxygens (including phenoxy) is 1. The predicted molar refractivity (Wildman–Crippen MR) is 70.2 cm³/mol. The standard InChI is InChI=1S/C14H20N2O/c15-13-3-1-2-4-14(13)16(11-5-6-11)12-7-9-17-10-8-12/h1-4,11-12H,5-10,15H2. The number of hydrogen-bond donors (Lipinski definition) is 1. The van der Waals surface area contributed by atoms with E-state index in [1.807, 2.05) is 12.1 Å². The van der Waals surface area contributed by atoms with Crippen LogP contribution in [0.2, 0.25) is 0 Å². The molecule has 1 saturated carbocycles. The van der Waals surface area contributed by atoms with Gasteiger partial charge in [-0.25, -0.2) is 0 Å². The van der Waals surface area contributed by atoms with Gasteiger partial charge in [0.15, 0.2) is 0 Å². The van der Waals surface area contributed by atoms with E-state index in [4.69, 9.17) is 10.5 Å². The van der Waals surface area contributed by atoms with E-state index in [1.165, 1.54) is 18.5 Å². The summed E-state index contributed by atoms with van der Waals surface area (Å²) in [6.07, 6.45) is 4.88. The lowest BCUT2D eigenvalue weighted by Crippen LogP contribution is -2.41. The predicted octanol–water partition coefficient (Wildman–Crippen LogP) is 2.42. The van der Waals surface area contributed by atoms with E-state index < -0.39 is 0 Å². The molecule has 0 radical (unpaired) electrons. The van der Waals surface area contributed by atoms with Gasteiger partial charge in [0, 0.05) is 25.3 Å². The molecule has 0 aromatic heterocycles. The highest BCUT2D eigenvalue weighted by molar-refractivity contribution is 5.68. The average Bonchev–Trinajstić information content (AvgIpc) is 3.18. The van der Waals surface area contributed by atoms with Crippen LogP contribution in [-0.2, 0) is 4.74 Å². The summed E-state index contributed by atoms with van der Waals surface area (Å²) in [7, 11) is 0. The molecule has 1 saturated heterocycles. The van der Waals surface area contributed by atoms with Crippen molar-refractivity contribution in [3.63, 3.8) is 0 Å². The van der Waals surface area contributed by atoms with E-state index in [-0.39, 0.29) is 0 Å². The monoisotopic (exact) mass is 232 g/mol. The van der Waals surface area contributed by atoms with E-state index in [1.54, 1.807) is 0 Å². The van der Waals surface area contributed by atoms with Gasteiger partial charge >= 0.3 is 0 Å². The summed E-state index contributed by atoms with van der Waals surface area (Å²) < 4.78 is 5.46. The van der Waals surface area contributed by atoms with Gasteiger partial charge in [-0.3, -0.25) is 0 Å². The second-order valence-electron chi connectivity index (χ2n) is 5.04. The van der Waals surface area contributed by atoms with Crippen LogP contribution in [0.5, 0.6) is 0 Å². The second kappa shape index (κ2) is 4.57. The molecule has 1 aliphatic carbocycles. The van der Waals surface area contributed by atoms with Crippen LogP contribution >= 0.6 is 0 Å². The first-order valence-electron chi connectivity index (χ1n) is 6.57. The van der Waals surface area contributed by atoms with E-state index in [0.717, 1.165) is 31.7 Å². The van der Waals surface area contributed by atoms with Crippen LogP contribution in [0.25, 0.3) is 0 Å². The van der Waals surface area contributed by atoms with Crippen LogP contribution < -0.4 is 10.6 Å². The fraction of sp³-hybridized carbons (Fsp3) is 0.571. The van der Waals surface area contributed by atoms with Gasteiger partial charge in [-0.1, -0.05) is 12.1 Å². The Morgan fingerprint density at radius 3 is 2.29 bits per heavy atom. The summed E-state index contributed by atoms with van der Waals surface area (Å²) in [6, 6.07) is 9.57. The van der Waals surface area contributed by atoms with Crippen molar-refractivity contribution in [3.8, 4) is 0 Å². The Balaban J connectivity index is 1.86. The van der Waals surface area contributed by atoms with E-state index in [0.29, 0.717) is 12.1 Å². The van der Waals surface area contributed by atoms with Gasteiger partial charge in [0.1, 0.15) is 0 Å². The molecule has 0 bridgehead atoms. The zero-order valence-corrected chi connectivity index (χ0v) is 10.1. The van der Waals surface area contributed by atoms with Gasteiger partial charge < -0.3 is 15.4 Å². The van der Waals surface area contributed by atoms with Gasteiger partial charge in [0.05, 0.1) is 11.4 Å². The molecule has 1 aromatic carbocycles. The van der Waals surface area contributed by atoms with Crippen LogP contribution in [0, 0.1) is 0 Å². The number of anilines is 2. The smallest absolute Gasteiger partial charge is 0.0604 e. The lowest BCUT2D eigenvalue weighted by Gasteiger charge is -2.37. The molecule has 92 valence electrons. The highest BCUT2D eigenvalue weighted by Crippen LogP contribution is 2.38. The molecule has 17 heavy (non-hydrogen) atoms. The molecule has 1 aromatic rings. The first kappa shape index (κ1) is 10.9. The Morgan fingerprint density at radius 1 is 1.00 bits per heavy atom. The molecule has 1 heterocycles. The average molecular weight is 232 g/mol. The van der Waals surface area contributed by atoms with Crippen LogP contribution in [-0.4, -0.2) is 25.3 Å². The molecule has 0 amide bonds. The molecule has 3 rings (SSSR count). The summed E-state index contributed by atoms with van der Waals surface area (Å²) in [5.41, 5.74) is 8.25. The summed E-state index contributed by atoms with van der Waals surface area (Å²) in [5.74, 6) is 0. The molecule has 2 N–H and O–H groups in total. The molecular weight excluding hydrogens is 212 g/mol. The maximum absolute atomic E-state index is 6.12. The van der Waals surface area contributed by atoms with Crippen molar-refractivity contribution in [2.75, 3.05) is 23.8 Å². The zero-order chi connectivity index (χ0) is 11.7. The van der Waals surface area contributed by atoms with Gasteiger partial charge in [-0.2, -0.15) is 0 Å². The van der Waals surface area contributed by atoms with E-state index in [2.05, 4.69) is 17.0 Å². The fourth-order valence-electron chi connectivity index (χ4n) is 2.73. The number of nitrogen functional groups attached to an aromatic ring is 1. The summed E-state index contributed by atoms with van der Waals surface area (Å²) in [6.45, 7) is 1.78. The summed E-state index contributed by atoms with van der Waals surface area (Å²) in [4.78, 5) is 2.55. The van der Waals surface area contributed by atoms with Crippen LogP contribution in [0.15, 0.2) is 24.3 Å². The molecule has 0 unspecified atom stereocenters. The number of rotatable bonds is 3. The first-order valence-corrected chi connectivity index (χ1v) is 6.57. The van der Waals surface area contributed by atoms with Gasteiger partial charge in [0.2, 0.25) is 0 Å². The third-order valence-corrected chi connectivity index (χ3v) is 3.74. The Kier molecular flexibility index (Phi) is 2.93. The molecule has 2 aliphatic rings. The fourth-order valence-corrected chi connectivity index (χ4v) is 2.73. The van der Waals surface area contributed by atoms with Gasteiger partial charge in [-0.15, -0.1) is 0 Å². The van der Waals surface area contributed by atoms with Crippen LogP contribution in [0.3, 0.4) is 0 Å². The lowest BCUT2D eigenvalue weighted by molar-refractivity contribution is 0.0841. The van der Waals surface area contributed by atoms with Crippen molar-refractivity contribution in [2.24, 2.45) is 0 Å². The SMILES string of the molecule is Nc1ccccc1N(C1CCOCC1)C1CC1. The maximum Gasteiger partial charge on any atom is 0.0604 e. The van der Waals surface area contributed by atoms with E-state index >= 15 is 0 Å². The Morgan fingerprint density at radius 2 is 1.65 bits per heavy atom. The number of para-hydroxylation sites is 2. The Hall–Kier alpha value is -1.22. The van der Waals surface area contributed by atoms with Crippen molar-refractivity contribution in [1.82, 2.24) is 0 Å². The van der Waals surface area contributed by atoms with Crippen molar-refractivity contribution >= 4 is 11.4 Å². The van der Waals surface area contributed by atoms with Crippen LogP contribution in [0.1, 0.15) is 25.7 Å². The third-order valence-electron chi connectivity index (χ3n) is 3.74. The molecule has 0 spiro atoms. The highest BCUT2D eigenvalue weighted by Gasteiger charge is 2.35. The minimum absolute atomic E-state index is 0.612. The van der Waals surface area contributed by atoms with Crippen molar-refractivity contribution < 1.29 is 4.74 Å². The Labute approximate surface area is 103 Å². The minimum atomic E-state index is 0.612. The highest BCUT2D eigenvalue weighted by atomic mass is 16.5. The van der Waals surface area contributed by atoms with Crippen molar-refractivity contribution in [2.45, 2.75) is 37.8 Å². The second-order valence-corrected chi connectivity index (χ2v) is 5.04. The summed E-state index contributed by atoms with van der Waals surface area (Å²) in [5, 5.41) is 0. The molecular formula is C14H20N2O. The van der Waals surface area contributed by atoms with Crippen molar-refractivity contribution in [1.29, 1.82) is 0 Å². The van der Waals surface area contributed by atoms with Gasteiger partial charge in [0.25, 0.3) is 0 Å². The van der Waals surface area contributed by atoms with Crippen molar-refractivity contribution in [3.05, 3.63) is 24.3 Å². The molecule has 0 atom stereocenters. The first-order chi connectivity index (χ1) is 8.36. The largest absolute Gasteiger partial charge is 0.397 e. The summed E-state index contributed by atoms with van der Waals surface area (Å²) >= 11 is 0. The number of nitrogens with two attached hydrogens (primary N) is 1. The Bertz CT molecular complexity index is 384. The maximum atomic E-state index is 6.12. The molecule has 3 nitrogen and oxygen atoms in total. The molecule has 1 aliphatic heterocycles. The third kappa shape index (κ3) is 2.25. The topological polar surface area (TPSA) is 38.5 Å².